The maximum atomic E-state index is 12.1. The molecule has 0 saturated carbocycles. The molecule has 0 aliphatic heterocycles. The molecule has 4 heteroatoms. The molecule has 0 N–H and O–H groups in total. The fourth-order valence-electron chi connectivity index (χ4n) is 1.32. The molecule has 0 atom stereocenters. The van der Waals surface area contributed by atoms with Crippen molar-refractivity contribution in [2.24, 2.45) is 0 Å². The molecular formula is C12H8ClO2S. The van der Waals surface area contributed by atoms with Gasteiger partial charge in [0, 0.05) is 11.1 Å². The van der Waals surface area contributed by atoms with E-state index in [1.54, 1.807) is 30.3 Å². The first-order valence-corrected chi connectivity index (χ1v) is 6.44. The van der Waals surface area contributed by atoms with Crippen molar-refractivity contribution in [1.29, 1.82) is 0 Å². The number of hydrogen-bond acceptors (Lipinski definition) is 2. The first kappa shape index (κ1) is 11.2. The van der Waals surface area contributed by atoms with E-state index in [-0.39, 0.29) is 14.8 Å². The topological polar surface area (TPSA) is 34.1 Å². The van der Waals surface area contributed by atoms with Gasteiger partial charge in [0.1, 0.15) is 0 Å². The van der Waals surface area contributed by atoms with Crippen LogP contribution >= 0.6 is 11.6 Å². The van der Waals surface area contributed by atoms with Crippen LogP contribution < -0.4 is 0 Å². The summed E-state index contributed by atoms with van der Waals surface area (Å²) >= 11 is 5.72. The number of halogens is 1. The lowest BCUT2D eigenvalue weighted by Crippen LogP contribution is -2.01. The highest BCUT2D eigenvalue weighted by molar-refractivity contribution is 7.91. The fourth-order valence-corrected chi connectivity index (χ4v) is 2.87. The summed E-state index contributed by atoms with van der Waals surface area (Å²) < 4.78 is 24.2. The Morgan fingerprint density at radius 1 is 1.00 bits per heavy atom. The molecule has 16 heavy (non-hydrogen) atoms. The lowest BCUT2D eigenvalue weighted by molar-refractivity contribution is 0.596. The molecule has 2 aromatic carbocycles. The summed E-state index contributed by atoms with van der Waals surface area (Å²) in [6, 6.07) is 15.3. The Balaban J connectivity index is 2.56. The van der Waals surface area contributed by atoms with Gasteiger partial charge in [0.2, 0.25) is 9.84 Å². The molecule has 0 fully saturated rings. The van der Waals surface area contributed by atoms with E-state index in [2.05, 4.69) is 6.07 Å². The van der Waals surface area contributed by atoms with Gasteiger partial charge in [-0.05, 0) is 24.3 Å². The lowest BCUT2D eigenvalue weighted by atomic mass is 10.4. The zero-order valence-electron chi connectivity index (χ0n) is 8.22. The van der Waals surface area contributed by atoms with Gasteiger partial charge in [0.25, 0.3) is 0 Å². The van der Waals surface area contributed by atoms with Crippen LogP contribution in [0, 0.1) is 6.07 Å². The standard InChI is InChI=1S/C12H8ClO2S/c13-10-5-4-8-12(9-10)16(14,15)11-6-2-1-3-7-11/h1-4,6-9H. The average Bonchev–Trinajstić information content (AvgIpc) is 2.30. The molecule has 81 valence electrons. The maximum absolute atomic E-state index is 12.1. The van der Waals surface area contributed by atoms with E-state index in [1.807, 2.05) is 0 Å². The summed E-state index contributed by atoms with van der Waals surface area (Å²) in [5.41, 5.74) is 0. The van der Waals surface area contributed by atoms with Crippen molar-refractivity contribution < 1.29 is 8.42 Å². The minimum absolute atomic E-state index is 0.183. The molecule has 0 bridgehead atoms. The smallest absolute Gasteiger partial charge is 0.206 e. The van der Waals surface area contributed by atoms with Gasteiger partial charge in [-0.2, -0.15) is 0 Å². The van der Waals surface area contributed by atoms with Crippen molar-refractivity contribution in [1.82, 2.24) is 0 Å². The number of hydrogen-bond donors (Lipinski definition) is 0. The van der Waals surface area contributed by atoms with Crippen molar-refractivity contribution in [3.05, 3.63) is 59.6 Å². The van der Waals surface area contributed by atoms with E-state index >= 15 is 0 Å². The quantitative estimate of drug-likeness (QED) is 0.822. The third kappa shape index (κ3) is 2.10. The van der Waals surface area contributed by atoms with E-state index in [0.717, 1.165) is 0 Å². The van der Waals surface area contributed by atoms with Gasteiger partial charge in [-0.25, -0.2) is 8.42 Å². The number of rotatable bonds is 2. The Labute approximate surface area is 99.4 Å². The van der Waals surface area contributed by atoms with Crippen LogP contribution in [0.4, 0.5) is 0 Å². The second kappa shape index (κ2) is 4.28. The van der Waals surface area contributed by atoms with E-state index < -0.39 is 9.84 Å². The van der Waals surface area contributed by atoms with Crippen molar-refractivity contribution >= 4 is 21.4 Å². The Morgan fingerprint density at radius 2 is 1.69 bits per heavy atom. The van der Waals surface area contributed by atoms with Crippen molar-refractivity contribution in [3.63, 3.8) is 0 Å². The molecule has 2 aromatic rings. The summed E-state index contributed by atoms with van der Waals surface area (Å²) in [4.78, 5) is 0.444. The van der Waals surface area contributed by atoms with Gasteiger partial charge in [-0.3, -0.25) is 0 Å². The summed E-state index contributed by atoms with van der Waals surface area (Å²) in [5.74, 6) is 0. The van der Waals surface area contributed by atoms with Gasteiger partial charge in [0.05, 0.1) is 9.79 Å². The monoisotopic (exact) mass is 251 g/mol. The van der Waals surface area contributed by atoms with Crippen molar-refractivity contribution in [2.75, 3.05) is 0 Å². The van der Waals surface area contributed by atoms with Crippen LogP contribution in [0.5, 0.6) is 0 Å². The molecule has 2 nitrogen and oxygen atoms in total. The number of sulfone groups is 1. The predicted molar refractivity (Wildman–Crippen MR) is 62.2 cm³/mol. The third-order valence-electron chi connectivity index (χ3n) is 2.10. The Bertz CT molecular complexity index is 591. The van der Waals surface area contributed by atoms with Gasteiger partial charge in [-0.15, -0.1) is 0 Å². The van der Waals surface area contributed by atoms with Gasteiger partial charge < -0.3 is 0 Å². The zero-order chi connectivity index (χ0) is 11.6. The molecule has 0 heterocycles. The van der Waals surface area contributed by atoms with Crippen molar-refractivity contribution in [3.8, 4) is 0 Å². The third-order valence-corrected chi connectivity index (χ3v) is 4.09. The Hall–Kier alpha value is -1.32. The minimum atomic E-state index is -3.47. The molecule has 0 aliphatic rings. The second-order valence-electron chi connectivity index (χ2n) is 3.19. The molecular weight excluding hydrogens is 244 g/mol. The fraction of sp³-hybridized carbons (Fsp3) is 0. The van der Waals surface area contributed by atoms with E-state index in [1.165, 1.54) is 18.2 Å². The van der Waals surface area contributed by atoms with Crippen molar-refractivity contribution in [2.45, 2.75) is 9.79 Å². The average molecular weight is 252 g/mol. The SMILES string of the molecule is O=S(=O)(c1ccccc1)c1cc[c]c(Cl)c1. The molecule has 0 saturated heterocycles. The molecule has 0 aromatic heterocycles. The summed E-state index contributed by atoms with van der Waals surface area (Å²) in [5, 5.41) is 0.289. The largest absolute Gasteiger partial charge is 0.219 e. The van der Waals surface area contributed by atoms with E-state index in [9.17, 15) is 8.42 Å². The lowest BCUT2D eigenvalue weighted by Gasteiger charge is -2.04. The summed E-state index contributed by atoms with van der Waals surface area (Å²) in [7, 11) is -3.47. The molecule has 0 aliphatic carbocycles. The Kier molecular flexibility index (Phi) is 2.99. The minimum Gasteiger partial charge on any atom is -0.219 e. The molecule has 0 unspecified atom stereocenters. The van der Waals surface area contributed by atoms with Crippen LogP contribution in [0.2, 0.25) is 5.02 Å². The highest BCUT2D eigenvalue weighted by Crippen LogP contribution is 2.22. The normalized spacial score (nSPS) is 11.3. The maximum Gasteiger partial charge on any atom is 0.206 e. The van der Waals surface area contributed by atoms with Crippen LogP contribution in [-0.4, -0.2) is 8.42 Å². The van der Waals surface area contributed by atoms with Gasteiger partial charge in [0.15, 0.2) is 0 Å². The summed E-state index contributed by atoms with van der Waals surface area (Å²) in [6.45, 7) is 0. The van der Waals surface area contributed by atoms with Gasteiger partial charge in [-0.1, -0.05) is 35.9 Å². The summed E-state index contributed by atoms with van der Waals surface area (Å²) in [6.07, 6.45) is 0. The highest BCUT2D eigenvalue weighted by atomic mass is 35.5. The molecule has 0 amide bonds. The van der Waals surface area contributed by atoms with Crippen LogP contribution in [0.25, 0.3) is 0 Å². The molecule has 1 radical (unpaired) electrons. The molecule has 2 rings (SSSR count). The van der Waals surface area contributed by atoms with Crippen LogP contribution in [0.1, 0.15) is 0 Å². The first-order valence-electron chi connectivity index (χ1n) is 4.58. The highest BCUT2D eigenvalue weighted by Gasteiger charge is 2.16. The van der Waals surface area contributed by atoms with E-state index in [0.29, 0.717) is 0 Å². The van der Waals surface area contributed by atoms with Gasteiger partial charge >= 0.3 is 0 Å². The first-order chi connectivity index (χ1) is 7.60. The van der Waals surface area contributed by atoms with Crippen LogP contribution in [0.3, 0.4) is 0 Å². The van der Waals surface area contributed by atoms with E-state index in [4.69, 9.17) is 11.6 Å². The molecule has 0 spiro atoms. The number of benzene rings is 2. The van der Waals surface area contributed by atoms with Crippen LogP contribution in [-0.2, 0) is 9.84 Å². The Morgan fingerprint density at radius 3 is 2.31 bits per heavy atom. The van der Waals surface area contributed by atoms with Crippen LogP contribution in [0.15, 0.2) is 58.3 Å². The zero-order valence-corrected chi connectivity index (χ0v) is 9.79. The second-order valence-corrected chi connectivity index (χ2v) is 5.55. The predicted octanol–water partition coefficient (Wildman–Crippen LogP) is 2.97.